The molecule has 1 atom stereocenters. The fraction of sp³-hybridized carbons (Fsp3) is 0.304. The summed E-state index contributed by atoms with van der Waals surface area (Å²) in [7, 11) is 0. The van der Waals surface area contributed by atoms with Crippen LogP contribution in [0.15, 0.2) is 47.4 Å². The quantitative estimate of drug-likeness (QED) is 0.383. The average Bonchev–Trinajstić information content (AvgIpc) is 3.25. The molecule has 180 valence electrons. The maximum Gasteiger partial charge on any atom is 0.340 e. The SMILES string of the molecule is CC(C)NC(=O)NC(=O)C(C)OC(=O)c1ccccc1SCC(=O)Nc1ccc2c(c1)OCO2. The second-order valence-corrected chi connectivity index (χ2v) is 8.58. The van der Waals surface area contributed by atoms with Crippen molar-refractivity contribution in [3.8, 4) is 11.5 Å². The number of carbonyl (C=O) groups is 4. The van der Waals surface area contributed by atoms with Gasteiger partial charge in [0.15, 0.2) is 17.6 Å². The summed E-state index contributed by atoms with van der Waals surface area (Å²) in [4.78, 5) is 49.4. The number of benzene rings is 2. The maximum absolute atomic E-state index is 12.6. The fourth-order valence-corrected chi connectivity index (χ4v) is 3.71. The van der Waals surface area contributed by atoms with Gasteiger partial charge in [-0.15, -0.1) is 11.8 Å². The van der Waals surface area contributed by atoms with E-state index in [1.807, 2.05) is 0 Å². The van der Waals surface area contributed by atoms with Gasteiger partial charge >= 0.3 is 12.0 Å². The van der Waals surface area contributed by atoms with Crippen molar-refractivity contribution in [1.29, 1.82) is 0 Å². The molecule has 1 aliphatic heterocycles. The highest BCUT2D eigenvalue weighted by Gasteiger charge is 2.23. The molecule has 3 N–H and O–H groups in total. The van der Waals surface area contributed by atoms with E-state index in [0.717, 1.165) is 11.8 Å². The van der Waals surface area contributed by atoms with Crippen molar-refractivity contribution in [2.75, 3.05) is 17.9 Å². The van der Waals surface area contributed by atoms with E-state index in [4.69, 9.17) is 14.2 Å². The summed E-state index contributed by atoms with van der Waals surface area (Å²) in [5.74, 6) is -0.576. The molecule has 2 aromatic carbocycles. The van der Waals surface area contributed by atoms with Gasteiger partial charge in [-0.05, 0) is 45.0 Å². The van der Waals surface area contributed by atoms with Crippen LogP contribution in [0.3, 0.4) is 0 Å². The molecule has 10 nitrogen and oxygen atoms in total. The monoisotopic (exact) mass is 487 g/mol. The third-order valence-corrected chi connectivity index (χ3v) is 5.51. The van der Waals surface area contributed by atoms with Gasteiger partial charge in [-0.2, -0.15) is 0 Å². The molecule has 4 amide bonds. The Balaban J connectivity index is 1.55. The lowest BCUT2D eigenvalue weighted by Gasteiger charge is -2.15. The molecular formula is C23H25N3O7S. The first-order chi connectivity index (χ1) is 16.2. The van der Waals surface area contributed by atoms with E-state index in [2.05, 4.69) is 16.0 Å². The van der Waals surface area contributed by atoms with E-state index in [9.17, 15) is 19.2 Å². The van der Waals surface area contributed by atoms with Gasteiger partial charge < -0.3 is 24.8 Å². The zero-order valence-electron chi connectivity index (χ0n) is 18.9. The number of thioether (sulfide) groups is 1. The Bertz CT molecular complexity index is 1090. The van der Waals surface area contributed by atoms with Gasteiger partial charge in [0.05, 0.1) is 11.3 Å². The number of imide groups is 1. The number of anilines is 1. The molecule has 0 spiro atoms. The number of fused-ring (bicyclic) bond motifs is 1. The number of ether oxygens (including phenoxy) is 3. The molecule has 2 aromatic rings. The minimum Gasteiger partial charge on any atom is -0.454 e. The standard InChI is InChI=1S/C23H25N3O7S/c1-13(2)24-23(30)26-21(28)14(3)33-22(29)16-6-4-5-7-19(16)34-11-20(27)25-15-8-9-17-18(10-15)32-12-31-17/h4-10,13-14H,11-12H2,1-3H3,(H,25,27)(H2,24,26,28,30). The van der Waals surface area contributed by atoms with E-state index < -0.39 is 24.0 Å². The van der Waals surface area contributed by atoms with Crippen LogP contribution in [0.2, 0.25) is 0 Å². The Morgan fingerprint density at radius 3 is 2.53 bits per heavy atom. The summed E-state index contributed by atoms with van der Waals surface area (Å²) in [6, 6.07) is 10.8. The Hall–Kier alpha value is -3.73. The Kier molecular flexibility index (Phi) is 8.36. The number of hydrogen-bond acceptors (Lipinski definition) is 8. The number of esters is 1. The predicted octanol–water partition coefficient (Wildman–Crippen LogP) is 2.93. The van der Waals surface area contributed by atoms with Crippen LogP contribution in [0.5, 0.6) is 11.5 Å². The van der Waals surface area contributed by atoms with Crippen LogP contribution in [0.25, 0.3) is 0 Å². The van der Waals surface area contributed by atoms with Crippen LogP contribution in [-0.2, 0) is 14.3 Å². The highest BCUT2D eigenvalue weighted by Crippen LogP contribution is 2.34. The molecule has 0 aliphatic carbocycles. The summed E-state index contributed by atoms with van der Waals surface area (Å²) in [6.45, 7) is 5.00. The third-order valence-electron chi connectivity index (χ3n) is 4.43. The predicted molar refractivity (Wildman–Crippen MR) is 125 cm³/mol. The average molecular weight is 488 g/mol. The minimum atomic E-state index is -1.20. The van der Waals surface area contributed by atoms with Gasteiger partial charge in [0, 0.05) is 22.7 Å². The molecule has 1 aliphatic rings. The zero-order chi connectivity index (χ0) is 24.7. The van der Waals surface area contributed by atoms with Crippen molar-refractivity contribution < 1.29 is 33.4 Å². The van der Waals surface area contributed by atoms with Gasteiger partial charge in [0.1, 0.15) is 0 Å². The van der Waals surface area contributed by atoms with E-state index in [0.29, 0.717) is 22.1 Å². The van der Waals surface area contributed by atoms with Crippen LogP contribution in [-0.4, -0.2) is 48.5 Å². The van der Waals surface area contributed by atoms with E-state index >= 15 is 0 Å². The number of urea groups is 1. The van der Waals surface area contributed by atoms with Gasteiger partial charge in [-0.3, -0.25) is 14.9 Å². The smallest absolute Gasteiger partial charge is 0.340 e. The summed E-state index contributed by atoms with van der Waals surface area (Å²) in [5, 5.41) is 7.40. The Labute approximate surface area is 200 Å². The first-order valence-corrected chi connectivity index (χ1v) is 11.4. The van der Waals surface area contributed by atoms with E-state index in [1.54, 1.807) is 50.2 Å². The van der Waals surface area contributed by atoms with Gasteiger partial charge in [0.25, 0.3) is 5.91 Å². The van der Waals surface area contributed by atoms with Crippen molar-refractivity contribution >= 4 is 41.3 Å². The van der Waals surface area contributed by atoms with E-state index in [-0.39, 0.29) is 30.1 Å². The first kappa shape index (κ1) is 24.9. The molecule has 34 heavy (non-hydrogen) atoms. The van der Waals surface area contributed by atoms with Crippen LogP contribution in [0, 0.1) is 0 Å². The normalized spacial score (nSPS) is 12.6. The first-order valence-electron chi connectivity index (χ1n) is 10.5. The molecule has 0 saturated heterocycles. The summed E-state index contributed by atoms with van der Waals surface area (Å²) in [6.07, 6.45) is -1.20. The van der Waals surface area contributed by atoms with Crippen LogP contribution in [0.1, 0.15) is 31.1 Å². The fourth-order valence-electron chi connectivity index (χ4n) is 2.87. The Morgan fingerprint density at radius 1 is 1.03 bits per heavy atom. The second-order valence-electron chi connectivity index (χ2n) is 7.57. The summed E-state index contributed by atoms with van der Waals surface area (Å²) >= 11 is 1.15. The second kappa shape index (κ2) is 11.4. The third kappa shape index (κ3) is 6.88. The lowest BCUT2D eigenvalue weighted by molar-refractivity contribution is -0.128. The molecule has 1 unspecified atom stereocenters. The molecule has 0 fully saturated rings. The van der Waals surface area contributed by atoms with Crippen molar-refractivity contribution in [2.24, 2.45) is 0 Å². The maximum atomic E-state index is 12.6. The summed E-state index contributed by atoms with van der Waals surface area (Å²) in [5.41, 5.74) is 0.763. The van der Waals surface area contributed by atoms with Crippen molar-refractivity contribution in [3.05, 3.63) is 48.0 Å². The molecule has 3 rings (SSSR count). The lowest BCUT2D eigenvalue weighted by atomic mass is 10.2. The van der Waals surface area contributed by atoms with Gasteiger partial charge in [-0.1, -0.05) is 12.1 Å². The number of hydrogen-bond donors (Lipinski definition) is 3. The van der Waals surface area contributed by atoms with Crippen LogP contribution >= 0.6 is 11.8 Å². The number of rotatable bonds is 8. The molecule has 0 bridgehead atoms. The molecule has 0 saturated carbocycles. The minimum absolute atomic E-state index is 0.0319. The van der Waals surface area contributed by atoms with Crippen molar-refractivity contribution in [1.82, 2.24) is 10.6 Å². The zero-order valence-corrected chi connectivity index (χ0v) is 19.7. The van der Waals surface area contributed by atoms with Gasteiger partial charge in [0.2, 0.25) is 12.7 Å². The van der Waals surface area contributed by atoms with Gasteiger partial charge in [-0.25, -0.2) is 9.59 Å². The van der Waals surface area contributed by atoms with Crippen LogP contribution in [0.4, 0.5) is 10.5 Å². The van der Waals surface area contributed by atoms with Crippen molar-refractivity contribution in [2.45, 2.75) is 37.8 Å². The van der Waals surface area contributed by atoms with E-state index in [1.165, 1.54) is 13.0 Å². The lowest BCUT2D eigenvalue weighted by Crippen LogP contribution is -2.46. The number of carbonyl (C=O) groups excluding carboxylic acids is 4. The highest BCUT2D eigenvalue weighted by atomic mass is 32.2. The van der Waals surface area contributed by atoms with Crippen LogP contribution < -0.4 is 25.4 Å². The molecule has 0 aromatic heterocycles. The molecule has 11 heteroatoms. The Morgan fingerprint density at radius 2 is 1.76 bits per heavy atom. The molecule has 1 heterocycles. The molecular weight excluding hydrogens is 462 g/mol. The summed E-state index contributed by atoms with van der Waals surface area (Å²) < 4.78 is 15.8. The largest absolute Gasteiger partial charge is 0.454 e. The van der Waals surface area contributed by atoms with Crippen molar-refractivity contribution in [3.63, 3.8) is 0 Å². The topological polar surface area (TPSA) is 132 Å². The molecule has 0 radical (unpaired) electrons. The number of nitrogens with one attached hydrogen (secondary N) is 3. The highest BCUT2D eigenvalue weighted by molar-refractivity contribution is 8.00. The number of amides is 4.